The number of nitrogens with one attached hydrogen (secondary N) is 1. The summed E-state index contributed by atoms with van der Waals surface area (Å²) in [6.07, 6.45) is 5.81. The number of piperidine rings is 1. The fourth-order valence-electron chi connectivity index (χ4n) is 3.15. The van der Waals surface area contributed by atoms with Crippen LogP contribution in [0.2, 0.25) is 0 Å². The molecule has 4 heterocycles. The normalized spacial score (nSPS) is 16.9. The predicted octanol–water partition coefficient (Wildman–Crippen LogP) is 2.17. The van der Waals surface area contributed by atoms with Crippen LogP contribution < -0.4 is 5.32 Å². The van der Waals surface area contributed by atoms with Gasteiger partial charge in [-0.25, -0.2) is 4.79 Å². The number of aromatic nitrogens is 5. The number of carbonyl (C=O) groups excluding carboxylic acids is 1. The van der Waals surface area contributed by atoms with Crippen LogP contribution >= 0.6 is 0 Å². The molecule has 10 heteroatoms. The van der Waals surface area contributed by atoms with Crippen LogP contribution in [-0.2, 0) is 13.0 Å². The maximum atomic E-state index is 12.5. The van der Waals surface area contributed by atoms with Crippen LogP contribution in [0.5, 0.6) is 0 Å². The number of hydrogen-bond donors (Lipinski definition) is 1. The second-order valence-corrected chi connectivity index (χ2v) is 6.60. The first-order valence-electron chi connectivity index (χ1n) is 9.31. The van der Waals surface area contributed by atoms with Gasteiger partial charge in [0.15, 0.2) is 5.82 Å². The van der Waals surface area contributed by atoms with E-state index < -0.39 is 0 Å². The molecule has 3 aromatic rings. The Morgan fingerprint density at radius 2 is 2.25 bits per heavy atom. The Bertz CT molecular complexity index is 924. The predicted molar refractivity (Wildman–Crippen MR) is 97.0 cm³/mol. The highest BCUT2D eigenvalue weighted by Crippen LogP contribution is 2.27. The second kappa shape index (κ2) is 8.15. The molecule has 0 radical (unpaired) electrons. The molecule has 2 amide bonds. The van der Waals surface area contributed by atoms with Crippen LogP contribution in [0, 0.1) is 0 Å². The highest BCUT2D eigenvalue weighted by molar-refractivity contribution is 5.74. The first-order chi connectivity index (χ1) is 13.7. The standard InChI is InChI=1S/C18H21N7O3/c1-2-15-21-14(23-27-15)10-20-18(26)25-8-4-6-13(11-25)17-22-16(24-28-17)12-5-3-7-19-9-12/h3,5,7,9,13H,2,4,6,8,10-11H2,1H3,(H,20,26)/t13-/m1/s1. The van der Waals surface area contributed by atoms with Gasteiger partial charge < -0.3 is 19.3 Å². The van der Waals surface area contributed by atoms with Crippen molar-refractivity contribution in [3.05, 3.63) is 42.1 Å². The molecule has 1 saturated heterocycles. The molecule has 0 aliphatic carbocycles. The van der Waals surface area contributed by atoms with Crippen molar-refractivity contribution >= 4 is 6.03 Å². The zero-order valence-corrected chi connectivity index (χ0v) is 15.5. The minimum absolute atomic E-state index is 0.00860. The van der Waals surface area contributed by atoms with Gasteiger partial charge in [-0.2, -0.15) is 9.97 Å². The first-order valence-corrected chi connectivity index (χ1v) is 9.31. The SMILES string of the molecule is CCc1nc(CNC(=O)N2CCC[C@@H](c3nc(-c4cccnc4)no3)C2)no1. The molecule has 146 valence electrons. The van der Waals surface area contributed by atoms with Crippen molar-refractivity contribution in [3.63, 3.8) is 0 Å². The molecule has 3 aromatic heterocycles. The molecule has 0 unspecified atom stereocenters. The lowest BCUT2D eigenvalue weighted by atomic mass is 9.98. The van der Waals surface area contributed by atoms with Gasteiger partial charge in [0.2, 0.25) is 17.6 Å². The highest BCUT2D eigenvalue weighted by Gasteiger charge is 2.28. The number of likely N-dealkylation sites (tertiary alicyclic amines) is 1. The molecular weight excluding hydrogens is 362 g/mol. The third kappa shape index (κ3) is 4.00. The molecule has 1 atom stereocenters. The average Bonchev–Trinajstić information content (AvgIpc) is 3.42. The quantitative estimate of drug-likeness (QED) is 0.711. The number of urea groups is 1. The summed E-state index contributed by atoms with van der Waals surface area (Å²) in [4.78, 5) is 27.0. The maximum absolute atomic E-state index is 12.5. The Morgan fingerprint density at radius 3 is 3.04 bits per heavy atom. The largest absolute Gasteiger partial charge is 0.339 e. The Balaban J connectivity index is 1.36. The van der Waals surface area contributed by atoms with Crippen molar-refractivity contribution in [1.82, 2.24) is 35.5 Å². The lowest BCUT2D eigenvalue weighted by Gasteiger charge is -2.30. The summed E-state index contributed by atoms with van der Waals surface area (Å²) in [6.45, 7) is 3.36. The topological polar surface area (TPSA) is 123 Å². The van der Waals surface area contributed by atoms with Gasteiger partial charge >= 0.3 is 6.03 Å². The maximum Gasteiger partial charge on any atom is 0.317 e. The van der Waals surface area contributed by atoms with E-state index in [2.05, 4.69) is 30.6 Å². The molecule has 1 N–H and O–H groups in total. The summed E-state index contributed by atoms with van der Waals surface area (Å²) in [5.41, 5.74) is 0.800. The van der Waals surface area contributed by atoms with Gasteiger partial charge in [0.1, 0.15) is 0 Å². The molecule has 0 bridgehead atoms. The minimum atomic E-state index is -0.167. The lowest BCUT2D eigenvalue weighted by Crippen LogP contribution is -2.44. The third-order valence-electron chi connectivity index (χ3n) is 4.63. The minimum Gasteiger partial charge on any atom is -0.339 e. The Hall–Kier alpha value is -3.30. The molecule has 0 saturated carbocycles. The van der Waals surface area contributed by atoms with E-state index in [1.165, 1.54) is 0 Å². The molecule has 4 rings (SSSR count). The number of hydrogen-bond acceptors (Lipinski definition) is 8. The summed E-state index contributed by atoms with van der Waals surface area (Å²) >= 11 is 0. The number of amides is 2. The summed E-state index contributed by atoms with van der Waals surface area (Å²) in [5.74, 6) is 2.09. The van der Waals surface area contributed by atoms with Crippen molar-refractivity contribution in [2.24, 2.45) is 0 Å². The van der Waals surface area contributed by atoms with Crippen LogP contribution in [-0.4, -0.2) is 49.3 Å². The molecule has 1 aliphatic rings. The van der Waals surface area contributed by atoms with Crippen molar-refractivity contribution in [3.8, 4) is 11.4 Å². The molecule has 0 spiro atoms. The van der Waals surface area contributed by atoms with Crippen molar-refractivity contribution in [2.45, 2.75) is 38.6 Å². The van der Waals surface area contributed by atoms with Gasteiger partial charge in [0.05, 0.1) is 12.5 Å². The summed E-state index contributed by atoms with van der Waals surface area (Å²) in [6, 6.07) is 3.54. The van der Waals surface area contributed by atoms with Crippen LogP contribution in [0.15, 0.2) is 33.6 Å². The molecule has 28 heavy (non-hydrogen) atoms. The van der Waals surface area contributed by atoms with Gasteiger partial charge in [-0.15, -0.1) is 0 Å². The van der Waals surface area contributed by atoms with E-state index in [0.717, 1.165) is 18.4 Å². The van der Waals surface area contributed by atoms with Crippen LogP contribution in [0.25, 0.3) is 11.4 Å². The van der Waals surface area contributed by atoms with Crippen LogP contribution in [0.1, 0.15) is 43.3 Å². The zero-order chi connectivity index (χ0) is 19.3. The number of rotatable bonds is 5. The number of pyridine rings is 1. The molecule has 10 nitrogen and oxygen atoms in total. The Labute approximate surface area is 161 Å². The van der Waals surface area contributed by atoms with Gasteiger partial charge in [-0.1, -0.05) is 17.2 Å². The van der Waals surface area contributed by atoms with Gasteiger partial charge in [0.25, 0.3) is 0 Å². The van der Waals surface area contributed by atoms with E-state index in [0.29, 0.717) is 42.9 Å². The van der Waals surface area contributed by atoms with Gasteiger partial charge in [0, 0.05) is 37.5 Å². The average molecular weight is 383 g/mol. The second-order valence-electron chi connectivity index (χ2n) is 6.60. The summed E-state index contributed by atoms with van der Waals surface area (Å²) in [5, 5.41) is 10.7. The molecule has 0 aromatic carbocycles. The number of carbonyl (C=O) groups is 1. The van der Waals surface area contributed by atoms with E-state index >= 15 is 0 Å². The van der Waals surface area contributed by atoms with Crippen molar-refractivity contribution < 1.29 is 13.8 Å². The third-order valence-corrected chi connectivity index (χ3v) is 4.63. The van der Waals surface area contributed by atoms with E-state index in [-0.39, 0.29) is 18.5 Å². The summed E-state index contributed by atoms with van der Waals surface area (Å²) < 4.78 is 10.5. The van der Waals surface area contributed by atoms with Gasteiger partial charge in [-0.3, -0.25) is 4.98 Å². The smallest absolute Gasteiger partial charge is 0.317 e. The fraction of sp³-hybridized carbons (Fsp3) is 0.444. The van der Waals surface area contributed by atoms with E-state index in [4.69, 9.17) is 9.05 Å². The lowest BCUT2D eigenvalue weighted by molar-refractivity contribution is 0.171. The molecule has 1 fully saturated rings. The van der Waals surface area contributed by atoms with Crippen LogP contribution in [0.3, 0.4) is 0 Å². The highest BCUT2D eigenvalue weighted by atomic mass is 16.5. The number of aryl methyl sites for hydroxylation is 1. The molecular formula is C18H21N7O3. The fourth-order valence-corrected chi connectivity index (χ4v) is 3.15. The monoisotopic (exact) mass is 383 g/mol. The summed E-state index contributed by atoms with van der Waals surface area (Å²) in [7, 11) is 0. The zero-order valence-electron chi connectivity index (χ0n) is 15.5. The van der Waals surface area contributed by atoms with E-state index in [9.17, 15) is 4.79 Å². The van der Waals surface area contributed by atoms with Gasteiger partial charge in [-0.05, 0) is 25.0 Å². The Kier molecular flexibility index (Phi) is 5.27. The Morgan fingerprint density at radius 1 is 1.32 bits per heavy atom. The van der Waals surface area contributed by atoms with Crippen LogP contribution in [0.4, 0.5) is 4.79 Å². The van der Waals surface area contributed by atoms with Crippen molar-refractivity contribution in [1.29, 1.82) is 0 Å². The first kappa shape index (κ1) is 18.1. The van der Waals surface area contributed by atoms with E-state index in [1.807, 2.05) is 19.1 Å². The number of nitrogens with zero attached hydrogens (tertiary/aromatic N) is 6. The van der Waals surface area contributed by atoms with Crippen molar-refractivity contribution in [2.75, 3.05) is 13.1 Å². The molecule has 1 aliphatic heterocycles. The van der Waals surface area contributed by atoms with E-state index in [1.54, 1.807) is 17.3 Å².